The second-order valence-electron chi connectivity index (χ2n) is 8.13. The van der Waals surface area contributed by atoms with Crippen LogP contribution in [0.3, 0.4) is 0 Å². The number of nitrogens with one attached hydrogen (secondary N) is 1. The van der Waals surface area contributed by atoms with Crippen molar-refractivity contribution in [3.05, 3.63) is 69.9 Å². The molecule has 1 aliphatic rings. The Kier molecular flexibility index (Phi) is 7.34. The molecule has 8 nitrogen and oxygen atoms in total. The van der Waals surface area contributed by atoms with Crippen molar-refractivity contribution in [2.45, 2.75) is 32.7 Å². The smallest absolute Gasteiger partial charge is 0.253 e. The topological polar surface area (TPSA) is 93.0 Å². The minimum absolute atomic E-state index is 0.00312. The molecule has 0 radical (unpaired) electrons. The van der Waals surface area contributed by atoms with E-state index in [2.05, 4.69) is 25.4 Å². The zero-order valence-corrected chi connectivity index (χ0v) is 19.3. The van der Waals surface area contributed by atoms with Crippen LogP contribution in [-0.4, -0.2) is 45.3 Å². The van der Waals surface area contributed by atoms with Gasteiger partial charge in [-0.05, 0) is 43.5 Å². The summed E-state index contributed by atoms with van der Waals surface area (Å²) in [5, 5.41) is 12.4. The molecule has 1 aromatic carbocycles. The molecule has 1 amide bonds. The van der Waals surface area contributed by atoms with Crippen molar-refractivity contribution in [3.8, 4) is 11.3 Å². The van der Waals surface area contributed by atoms with E-state index in [0.717, 1.165) is 48.6 Å². The van der Waals surface area contributed by atoms with E-state index in [-0.39, 0.29) is 17.4 Å². The number of nitrogens with zero attached hydrogens (tertiary/aromatic N) is 5. The Labute approximate surface area is 197 Å². The van der Waals surface area contributed by atoms with E-state index >= 15 is 0 Å². The fraction of sp³-hybridized carbons (Fsp3) is 0.375. The average molecular weight is 467 g/mol. The summed E-state index contributed by atoms with van der Waals surface area (Å²) in [6.07, 6.45) is 3.99. The van der Waals surface area contributed by atoms with Gasteiger partial charge in [0, 0.05) is 48.5 Å². The number of halogens is 1. The van der Waals surface area contributed by atoms with Crippen molar-refractivity contribution in [3.63, 3.8) is 0 Å². The number of aryl methyl sites for hydroxylation is 1. The van der Waals surface area contributed by atoms with Crippen LogP contribution in [0.1, 0.15) is 25.5 Å². The first-order chi connectivity index (χ1) is 16.0. The molecule has 2 aromatic heterocycles. The standard InChI is InChI=1S/C24H27ClN6O2/c1-2-20-14-23(32)31(16-27-20)13-11-26-24(33)18-4-3-12-30(15-18)22-10-9-21(28-29-22)17-5-7-19(25)8-6-17/h5-10,14,16,18H,2-4,11-13,15H2,1H3,(H,26,33). The van der Waals surface area contributed by atoms with Gasteiger partial charge >= 0.3 is 0 Å². The van der Waals surface area contributed by atoms with Gasteiger partial charge in [-0.25, -0.2) is 4.98 Å². The summed E-state index contributed by atoms with van der Waals surface area (Å²) in [6.45, 7) is 4.17. The van der Waals surface area contributed by atoms with Crippen LogP contribution in [0.4, 0.5) is 5.82 Å². The van der Waals surface area contributed by atoms with E-state index < -0.39 is 0 Å². The van der Waals surface area contributed by atoms with Crippen molar-refractivity contribution in [2.24, 2.45) is 5.92 Å². The van der Waals surface area contributed by atoms with E-state index in [1.165, 1.54) is 4.57 Å². The Hall–Kier alpha value is -3.26. The molecule has 1 aliphatic heterocycles. The van der Waals surface area contributed by atoms with Crippen molar-refractivity contribution >= 4 is 23.3 Å². The number of rotatable bonds is 7. The molecule has 1 saturated heterocycles. The lowest BCUT2D eigenvalue weighted by atomic mass is 9.97. The van der Waals surface area contributed by atoms with Crippen molar-refractivity contribution in [2.75, 3.05) is 24.5 Å². The second-order valence-corrected chi connectivity index (χ2v) is 8.56. The minimum Gasteiger partial charge on any atom is -0.354 e. The number of anilines is 1. The molecule has 4 rings (SSSR count). The predicted octanol–water partition coefficient (Wildman–Crippen LogP) is 2.95. The average Bonchev–Trinajstić information content (AvgIpc) is 2.85. The van der Waals surface area contributed by atoms with Gasteiger partial charge in [-0.3, -0.25) is 14.2 Å². The Bertz CT molecular complexity index is 1150. The van der Waals surface area contributed by atoms with E-state index in [1.807, 2.05) is 43.3 Å². The van der Waals surface area contributed by atoms with Gasteiger partial charge in [0.15, 0.2) is 5.82 Å². The Morgan fingerprint density at radius 2 is 2.00 bits per heavy atom. The first-order valence-corrected chi connectivity index (χ1v) is 11.6. The fourth-order valence-electron chi connectivity index (χ4n) is 3.94. The van der Waals surface area contributed by atoms with Crippen LogP contribution in [0, 0.1) is 5.92 Å². The van der Waals surface area contributed by atoms with Gasteiger partial charge in [0.2, 0.25) is 5.91 Å². The number of carbonyl (C=O) groups excluding carboxylic acids is 1. The van der Waals surface area contributed by atoms with E-state index in [4.69, 9.17) is 11.6 Å². The van der Waals surface area contributed by atoms with E-state index in [1.54, 1.807) is 12.4 Å². The number of hydrogen-bond donors (Lipinski definition) is 1. The summed E-state index contributed by atoms with van der Waals surface area (Å²) in [7, 11) is 0. The molecule has 9 heteroatoms. The van der Waals surface area contributed by atoms with Gasteiger partial charge in [0.05, 0.1) is 17.9 Å². The van der Waals surface area contributed by atoms with E-state index in [0.29, 0.717) is 24.7 Å². The van der Waals surface area contributed by atoms with E-state index in [9.17, 15) is 9.59 Å². The van der Waals surface area contributed by atoms with Crippen LogP contribution in [-0.2, 0) is 17.8 Å². The molecular weight excluding hydrogens is 440 g/mol. The second kappa shape index (κ2) is 10.6. The highest BCUT2D eigenvalue weighted by Crippen LogP contribution is 2.24. The number of benzene rings is 1. The first-order valence-electron chi connectivity index (χ1n) is 11.2. The lowest BCUT2D eigenvalue weighted by molar-refractivity contribution is -0.125. The summed E-state index contributed by atoms with van der Waals surface area (Å²) in [5.74, 6) is 0.629. The molecule has 3 heterocycles. The highest BCUT2D eigenvalue weighted by atomic mass is 35.5. The minimum atomic E-state index is -0.131. The third-order valence-corrected chi connectivity index (χ3v) is 6.11. The van der Waals surface area contributed by atoms with Crippen molar-refractivity contribution in [1.29, 1.82) is 0 Å². The Morgan fingerprint density at radius 1 is 1.18 bits per heavy atom. The Balaban J connectivity index is 1.31. The van der Waals surface area contributed by atoms with Crippen LogP contribution < -0.4 is 15.8 Å². The lowest BCUT2D eigenvalue weighted by Gasteiger charge is -2.32. The lowest BCUT2D eigenvalue weighted by Crippen LogP contribution is -2.44. The van der Waals surface area contributed by atoms with Crippen molar-refractivity contribution in [1.82, 2.24) is 25.1 Å². The molecule has 1 fully saturated rings. The predicted molar refractivity (Wildman–Crippen MR) is 128 cm³/mol. The molecule has 33 heavy (non-hydrogen) atoms. The molecule has 0 saturated carbocycles. The van der Waals surface area contributed by atoms with Crippen LogP contribution >= 0.6 is 11.6 Å². The summed E-state index contributed by atoms with van der Waals surface area (Å²) in [4.78, 5) is 31.2. The van der Waals surface area contributed by atoms with Gasteiger partial charge in [0.25, 0.3) is 5.56 Å². The maximum Gasteiger partial charge on any atom is 0.253 e. The van der Waals surface area contributed by atoms with Gasteiger partial charge in [0.1, 0.15) is 0 Å². The number of amides is 1. The molecule has 0 aliphatic carbocycles. The van der Waals surface area contributed by atoms with Crippen LogP contribution in [0.5, 0.6) is 0 Å². The summed E-state index contributed by atoms with van der Waals surface area (Å²) < 4.78 is 1.52. The highest BCUT2D eigenvalue weighted by molar-refractivity contribution is 6.30. The number of hydrogen-bond acceptors (Lipinski definition) is 6. The number of piperidine rings is 1. The molecule has 172 valence electrons. The normalized spacial score (nSPS) is 15.9. The molecule has 1 atom stereocenters. The maximum atomic E-state index is 12.7. The molecule has 1 N–H and O–H groups in total. The van der Waals surface area contributed by atoms with Crippen LogP contribution in [0.25, 0.3) is 11.3 Å². The molecule has 0 bridgehead atoms. The maximum absolute atomic E-state index is 12.7. The van der Waals surface area contributed by atoms with Gasteiger partial charge in [-0.15, -0.1) is 10.2 Å². The van der Waals surface area contributed by atoms with Crippen molar-refractivity contribution < 1.29 is 4.79 Å². The molecule has 0 spiro atoms. The zero-order valence-electron chi connectivity index (χ0n) is 18.6. The van der Waals surface area contributed by atoms with Gasteiger partial charge < -0.3 is 10.2 Å². The first kappa shape index (κ1) is 22.9. The summed E-state index contributed by atoms with van der Waals surface area (Å²) >= 11 is 5.95. The van der Waals surface area contributed by atoms with Crippen LogP contribution in [0.2, 0.25) is 5.02 Å². The summed E-state index contributed by atoms with van der Waals surface area (Å²) in [6, 6.07) is 12.9. The van der Waals surface area contributed by atoms with Crippen LogP contribution in [0.15, 0.2) is 53.6 Å². The molecule has 1 unspecified atom stereocenters. The third-order valence-electron chi connectivity index (χ3n) is 5.86. The number of aromatic nitrogens is 4. The quantitative estimate of drug-likeness (QED) is 0.575. The van der Waals surface area contributed by atoms with Gasteiger partial charge in [-0.1, -0.05) is 30.7 Å². The molecule has 3 aromatic rings. The fourth-order valence-corrected chi connectivity index (χ4v) is 4.06. The summed E-state index contributed by atoms with van der Waals surface area (Å²) in [5.41, 5.74) is 2.40. The number of carbonyl (C=O) groups is 1. The Morgan fingerprint density at radius 3 is 2.70 bits per heavy atom. The largest absolute Gasteiger partial charge is 0.354 e. The SMILES string of the molecule is CCc1cc(=O)n(CCNC(=O)C2CCCN(c3ccc(-c4ccc(Cl)cc4)nn3)C2)cn1. The van der Waals surface area contributed by atoms with Gasteiger partial charge in [-0.2, -0.15) is 0 Å². The monoisotopic (exact) mass is 466 g/mol. The molecular formula is C24H27ClN6O2. The zero-order chi connectivity index (χ0) is 23.2. The highest BCUT2D eigenvalue weighted by Gasteiger charge is 2.26. The third kappa shape index (κ3) is 5.76.